The minimum atomic E-state index is -0.559. The molecular weight excluding hydrogens is 372 g/mol. The maximum atomic E-state index is 12.6. The molecule has 2 aromatic rings. The molecule has 1 heterocycles. The number of nitro benzene ring substituents is 1. The number of rotatable bonds is 6. The van der Waals surface area contributed by atoms with Crippen molar-refractivity contribution >= 4 is 17.3 Å². The van der Waals surface area contributed by atoms with Gasteiger partial charge in [-0.1, -0.05) is 12.1 Å². The molecule has 2 aromatic carbocycles. The van der Waals surface area contributed by atoms with E-state index in [0.29, 0.717) is 0 Å². The molecule has 1 fully saturated rings. The molecule has 29 heavy (non-hydrogen) atoms. The number of hydrogen-bond acceptors (Lipinski definition) is 6. The van der Waals surface area contributed by atoms with Crippen molar-refractivity contribution in [3.05, 3.63) is 63.7 Å². The first-order valence-corrected chi connectivity index (χ1v) is 9.56. The summed E-state index contributed by atoms with van der Waals surface area (Å²) in [6.45, 7) is 5.97. The van der Waals surface area contributed by atoms with Crippen molar-refractivity contribution < 1.29 is 14.5 Å². The summed E-state index contributed by atoms with van der Waals surface area (Å²) in [5.74, 6) is -0.245. The van der Waals surface area contributed by atoms with Gasteiger partial charge in [-0.25, -0.2) is 0 Å². The van der Waals surface area contributed by atoms with Gasteiger partial charge in [-0.3, -0.25) is 14.9 Å². The maximum Gasteiger partial charge on any atom is 0.311 e. The predicted molar refractivity (Wildman–Crippen MR) is 112 cm³/mol. The summed E-state index contributed by atoms with van der Waals surface area (Å²) >= 11 is 0. The standard InChI is InChI=1S/C21H26N4O4/c1-15(16-4-7-18(8-5-16)24-12-10-23(2)11-13-24)22-21(26)17-6-9-20(29-3)19(14-17)25(27)28/h4-9,14-15H,10-13H2,1-3H3,(H,22,26)/t15-/m1/s1. The van der Waals surface area contributed by atoms with E-state index < -0.39 is 4.92 Å². The van der Waals surface area contributed by atoms with Crippen LogP contribution in [-0.2, 0) is 0 Å². The van der Waals surface area contributed by atoms with Crippen LogP contribution in [0.5, 0.6) is 5.75 Å². The van der Waals surface area contributed by atoms with E-state index in [4.69, 9.17) is 4.74 Å². The quantitative estimate of drug-likeness (QED) is 0.595. The van der Waals surface area contributed by atoms with Crippen LogP contribution in [0.2, 0.25) is 0 Å². The number of carbonyl (C=O) groups excluding carboxylic acids is 1. The Labute approximate surface area is 170 Å². The fraction of sp³-hybridized carbons (Fsp3) is 0.381. The van der Waals surface area contributed by atoms with Gasteiger partial charge in [-0.15, -0.1) is 0 Å². The largest absolute Gasteiger partial charge is 0.490 e. The van der Waals surface area contributed by atoms with Gasteiger partial charge in [-0.05, 0) is 43.8 Å². The summed E-state index contributed by atoms with van der Waals surface area (Å²) in [4.78, 5) is 27.8. The third-order valence-corrected chi connectivity index (χ3v) is 5.25. The van der Waals surface area contributed by atoms with E-state index in [1.165, 1.54) is 31.0 Å². The Hall–Kier alpha value is -3.13. The zero-order valence-corrected chi connectivity index (χ0v) is 16.9. The summed E-state index contributed by atoms with van der Waals surface area (Å²) < 4.78 is 4.98. The van der Waals surface area contributed by atoms with E-state index in [9.17, 15) is 14.9 Å². The van der Waals surface area contributed by atoms with Crippen molar-refractivity contribution in [2.24, 2.45) is 0 Å². The lowest BCUT2D eigenvalue weighted by atomic mass is 10.1. The number of benzene rings is 2. The van der Waals surface area contributed by atoms with Gasteiger partial charge in [0.15, 0.2) is 5.75 Å². The van der Waals surface area contributed by atoms with Gasteiger partial charge in [0.05, 0.1) is 18.1 Å². The molecule has 0 radical (unpaired) electrons. The Morgan fingerprint density at radius 3 is 2.38 bits per heavy atom. The number of methoxy groups -OCH3 is 1. The van der Waals surface area contributed by atoms with Crippen LogP contribution in [-0.4, -0.2) is 56.1 Å². The van der Waals surface area contributed by atoms with Crippen molar-refractivity contribution in [2.75, 3.05) is 45.2 Å². The summed E-state index contributed by atoms with van der Waals surface area (Å²) in [5.41, 5.74) is 2.13. The van der Waals surface area contributed by atoms with Crippen molar-refractivity contribution in [1.82, 2.24) is 10.2 Å². The van der Waals surface area contributed by atoms with Gasteiger partial charge >= 0.3 is 5.69 Å². The van der Waals surface area contributed by atoms with Crippen molar-refractivity contribution in [2.45, 2.75) is 13.0 Å². The van der Waals surface area contributed by atoms with Crippen molar-refractivity contribution in [3.63, 3.8) is 0 Å². The summed E-state index contributed by atoms with van der Waals surface area (Å²) in [6.07, 6.45) is 0. The molecule has 0 spiro atoms. The lowest BCUT2D eigenvalue weighted by Gasteiger charge is -2.34. The van der Waals surface area contributed by atoms with Crippen LogP contribution in [0.15, 0.2) is 42.5 Å². The first kappa shape index (κ1) is 20.6. The van der Waals surface area contributed by atoms with Crippen LogP contribution >= 0.6 is 0 Å². The second kappa shape index (κ2) is 8.91. The van der Waals surface area contributed by atoms with Crippen LogP contribution in [0.4, 0.5) is 11.4 Å². The van der Waals surface area contributed by atoms with Gasteiger partial charge in [0.25, 0.3) is 5.91 Å². The summed E-state index contributed by atoms with van der Waals surface area (Å²) in [6, 6.07) is 12.1. The molecule has 0 aliphatic carbocycles. The molecule has 0 saturated carbocycles. The first-order chi connectivity index (χ1) is 13.9. The topological polar surface area (TPSA) is 88.0 Å². The number of nitrogens with zero attached hydrogens (tertiary/aromatic N) is 3. The van der Waals surface area contributed by atoms with Gasteiger partial charge in [0.2, 0.25) is 0 Å². The highest BCUT2D eigenvalue weighted by atomic mass is 16.6. The highest BCUT2D eigenvalue weighted by Gasteiger charge is 2.20. The molecule has 1 aliphatic heterocycles. The lowest BCUT2D eigenvalue weighted by molar-refractivity contribution is -0.385. The number of piperazine rings is 1. The predicted octanol–water partition coefficient (Wildman–Crippen LogP) is 2.85. The Morgan fingerprint density at radius 2 is 1.79 bits per heavy atom. The monoisotopic (exact) mass is 398 g/mol. The van der Waals surface area contributed by atoms with E-state index in [1.807, 2.05) is 19.1 Å². The maximum absolute atomic E-state index is 12.6. The number of carbonyl (C=O) groups is 1. The van der Waals surface area contributed by atoms with E-state index in [1.54, 1.807) is 0 Å². The van der Waals surface area contributed by atoms with Gasteiger partial charge < -0.3 is 19.9 Å². The Kier molecular flexibility index (Phi) is 6.33. The Bertz CT molecular complexity index is 877. The highest BCUT2D eigenvalue weighted by molar-refractivity contribution is 5.95. The van der Waals surface area contributed by atoms with E-state index in [2.05, 4.69) is 34.3 Å². The van der Waals surface area contributed by atoms with Crippen LogP contribution < -0.4 is 15.0 Å². The SMILES string of the molecule is COc1ccc(C(=O)N[C@H](C)c2ccc(N3CCN(C)CC3)cc2)cc1[N+](=O)[O-]. The smallest absolute Gasteiger partial charge is 0.311 e. The number of nitro groups is 1. The second-order valence-electron chi connectivity index (χ2n) is 7.22. The van der Waals surface area contributed by atoms with E-state index >= 15 is 0 Å². The third kappa shape index (κ3) is 4.83. The van der Waals surface area contributed by atoms with Crippen LogP contribution in [0.3, 0.4) is 0 Å². The molecule has 3 rings (SSSR count). The Morgan fingerprint density at radius 1 is 1.14 bits per heavy atom. The summed E-state index contributed by atoms with van der Waals surface area (Å²) in [5, 5.41) is 14.1. The van der Waals surface area contributed by atoms with Crippen LogP contribution in [0.1, 0.15) is 28.9 Å². The molecule has 8 heteroatoms. The number of hydrogen-bond donors (Lipinski definition) is 1. The number of ether oxygens (including phenoxy) is 1. The molecule has 1 aliphatic rings. The zero-order valence-electron chi connectivity index (χ0n) is 16.9. The number of anilines is 1. The average molecular weight is 398 g/mol. The molecule has 0 aromatic heterocycles. The van der Waals surface area contributed by atoms with E-state index in [-0.39, 0.29) is 28.9 Å². The molecule has 8 nitrogen and oxygen atoms in total. The van der Waals surface area contributed by atoms with Crippen LogP contribution in [0.25, 0.3) is 0 Å². The molecule has 0 bridgehead atoms. The van der Waals surface area contributed by atoms with E-state index in [0.717, 1.165) is 31.7 Å². The minimum Gasteiger partial charge on any atom is -0.490 e. The first-order valence-electron chi connectivity index (χ1n) is 9.56. The van der Waals surface area contributed by atoms with Crippen molar-refractivity contribution in [1.29, 1.82) is 0 Å². The fourth-order valence-corrected chi connectivity index (χ4v) is 3.38. The molecule has 0 unspecified atom stereocenters. The number of amides is 1. The lowest BCUT2D eigenvalue weighted by Crippen LogP contribution is -2.44. The molecule has 1 N–H and O–H groups in total. The highest BCUT2D eigenvalue weighted by Crippen LogP contribution is 2.28. The normalized spacial score (nSPS) is 15.6. The summed E-state index contributed by atoms with van der Waals surface area (Å²) in [7, 11) is 3.48. The molecule has 1 saturated heterocycles. The molecular formula is C21H26N4O4. The number of likely N-dealkylation sites (N-methyl/N-ethyl adjacent to an activating group) is 1. The van der Waals surface area contributed by atoms with Gasteiger partial charge in [0, 0.05) is 43.5 Å². The van der Waals surface area contributed by atoms with Crippen molar-refractivity contribution in [3.8, 4) is 5.75 Å². The Balaban J connectivity index is 1.66. The molecule has 1 amide bonds. The average Bonchev–Trinajstić information content (AvgIpc) is 2.73. The van der Waals surface area contributed by atoms with Gasteiger partial charge in [-0.2, -0.15) is 0 Å². The third-order valence-electron chi connectivity index (χ3n) is 5.25. The molecule has 154 valence electrons. The fourth-order valence-electron chi connectivity index (χ4n) is 3.38. The zero-order chi connectivity index (χ0) is 21.0. The van der Waals surface area contributed by atoms with Gasteiger partial charge in [0.1, 0.15) is 0 Å². The second-order valence-corrected chi connectivity index (χ2v) is 7.22. The molecule has 1 atom stereocenters. The minimum absolute atomic E-state index is 0.124. The number of nitrogens with one attached hydrogen (secondary N) is 1. The van der Waals surface area contributed by atoms with Crippen LogP contribution in [0, 0.1) is 10.1 Å².